The quantitative estimate of drug-likeness (QED) is 0.309. The number of carbonyl (C=O) groups excluding carboxylic acids is 1. The Morgan fingerprint density at radius 2 is 2.04 bits per heavy atom. The fourth-order valence-corrected chi connectivity index (χ4v) is 2.73. The zero-order chi connectivity index (χ0) is 20.0. The number of ether oxygens (including phenoxy) is 2. The molecule has 0 atom stereocenters. The number of benzene rings is 2. The molecule has 138 valence electrons. The summed E-state index contributed by atoms with van der Waals surface area (Å²) in [6.45, 7) is 0.160. The number of nitro benzene ring substituents is 1. The molecule has 0 radical (unpaired) electrons. The van der Waals surface area contributed by atoms with Gasteiger partial charge in [0.1, 0.15) is 18.2 Å². The molecule has 2 rings (SSSR count). The Kier molecular flexibility index (Phi) is 6.51. The van der Waals surface area contributed by atoms with Crippen LogP contribution in [0.2, 0.25) is 0 Å². The molecule has 8 nitrogen and oxygen atoms in total. The molecule has 2 aromatic rings. The fraction of sp³-hybridized carbons (Fsp3) is 0.111. The number of hydrogen-bond acceptors (Lipinski definition) is 6. The maximum atomic E-state index is 11.2. The van der Waals surface area contributed by atoms with E-state index < -0.39 is 10.8 Å². The Hall–Kier alpha value is -3.38. The SMILES string of the molecule is COc1cc(/C=C(\C#N)C(N)=O)cc(Br)c1OCc1ccc([N+](=O)[O-])cc1. The van der Waals surface area contributed by atoms with Crippen molar-refractivity contribution in [2.45, 2.75) is 6.61 Å². The molecular weight excluding hydrogens is 418 g/mol. The summed E-state index contributed by atoms with van der Waals surface area (Å²) in [4.78, 5) is 21.4. The van der Waals surface area contributed by atoms with Gasteiger partial charge in [0.2, 0.25) is 0 Å². The van der Waals surface area contributed by atoms with Crippen LogP contribution in [0.1, 0.15) is 11.1 Å². The molecular formula is C18H14BrN3O5. The van der Waals surface area contributed by atoms with E-state index in [1.165, 1.54) is 25.3 Å². The summed E-state index contributed by atoms with van der Waals surface area (Å²) in [7, 11) is 1.45. The average molecular weight is 432 g/mol. The Bertz CT molecular complexity index is 949. The summed E-state index contributed by atoms with van der Waals surface area (Å²) in [6.07, 6.45) is 1.34. The highest BCUT2D eigenvalue weighted by Gasteiger charge is 2.13. The average Bonchev–Trinajstić information content (AvgIpc) is 2.64. The van der Waals surface area contributed by atoms with Crippen molar-refractivity contribution in [3.63, 3.8) is 0 Å². The van der Waals surface area contributed by atoms with Crippen LogP contribution in [0.5, 0.6) is 11.5 Å². The lowest BCUT2D eigenvalue weighted by molar-refractivity contribution is -0.384. The summed E-state index contributed by atoms with van der Waals surface area (Å²) >= 11 is 3.37. The molecule has 0 aliphatic heterocycles. The summed E-state index contributed by atoms with van der Waals surface area (Å²) in [5.74, 6) is -0.0454. The lowest BCUT2D eigenvalue weighted by Crippen LogP contribution is -2.12. The molecule has 9 heteroatoms. The number of primary amides is 1. The van der Waals surface area contributed by atoms with E-state index in [-0.39, 0.29) is 17.9 Å². The van der Waals surface area contributed by atoms with Crippen molar-refractivity contribution >= 4 is 33.6 Å². The van der Waals surface area contributed by atoms with Crippen molar-refractivity contribution < 1.29 is 19.2 Å². The molecule has 0 aliphatic carbocycles. The molecule has 2 aromatic carbocycles. The molecule has 1 amide bonds. The van der Waals surface area contributed by atoms with Gasteiger partial charge in [-0.15, -0.1) is 0 Å². The zero-order valence-corrected chi connectivity index (χ0v) is 15.7. The summed E-state index contributed by atoms with van der Waals surface area (Å²) in [6, 6.07) is 11.0. The highest BCUT2D eigenvalue weighted by molar-refractivity contribution is 9.10. The molecule has 0 spiro atoms. The molecule has 0 bridgehead atoms. The van der Waals surface area contributed by atoms with E-state index in [4.69, 9.17) is 20.5 Å². The van der Waals surface area contributed by atoms with Gasteiger partial charge in [-0.3, -0.25) is 14.9 Å². The second-order valence-electron chi connectivity index (χ2n) is 5.28. The van der Waals surface area contributed by atoms with Crippen LogP contribution in [0, 0.1) is 21.4 Å². The van der Waals surface area contributed by atoms with Gasteiger partial charge in [0.25, 0.3) is 11.6 Å². The van der Waals surface area contributed by atoms with Crippen LogP contribution in [0.4, 0.5) is 5.69 Å². The Labute approximate surface area is 163 Å². The minimum Gasteiger partial charge on any atom is -0.493 e. The van der Waals surface area contributed by atoms with E-state index in [1.807, 2.05) is 0 Å². The second-order valence-corrected chi connectivity index (χ2v) is 6.13. The van der Waals surface area contributed by atoms with Crippen LogP contribution in [0.3, 0.4) is 0 Å². The predicted octanol–water partition coefficient (Wildman–Crippen LogP) is 3.34. The van der Waals surface area contributed by atoms with Crippen LogP contribution < -0.4 is 15.2 Å². The molecule has 0 heterocycles. The van der Waals surface area contributed by atoms with Crippen molar-refractivity contribution in [3.8, 4) is 17.6 Å². The van der Waals surface area contributed by atoms with Crippen LogP contribution in [-0.4, -0.2) is 17.9 Å². The van der Waals surface area contributed by atoms with Crippen LogP contribution in [0.15, 0.2) is 46.4 Å². The molecule has 2 N–H and O–H groups in total. The molecule has 0 aromatic heterocycles. The third-order valence-electron chi connectivity index (χ3n) is 3.48. The zero-order valence-electron chi connectivity index (χ0n) is 14.1. The van der Waals surface area contributed by atoms with E-state index in [0.717, 1.165) is 5.56 Å². The van der Waals surface area contributed by atoms with Crippen molar-refractivity contribution in [2.75, 3.05) is 7.11 Å². The fourth-order valence-electron chi connectivity index (χ4n) is 2.16. The number of nitro groups is 1. The Morgan fingerprint density at radius 1 is 1.37 bits per heavy atom. The van der Waals surface area contributed by atoms with E-state index in [2.05, 4.69) is 15.9 Å². The maximum Gasteiger partial charge on any atom is 0.269 e. The number of nitrogens with zero attached hydrogens (tertiary/aromatic N) is 2. The van der Waals surface area contributed by atoms with Gasteiger partial charge in [-0.05, 0) is 57.4 Å². The monoisotopic (exact) mass is 431 g/mol. The van der Waals surface area contributed by atoms with E-state index in [0.29, 0.717) is 21.5 Å². The minimum absolute atomic E-state index is 0.00333. The molecule has 27 heavy (non-hydrogen) atoms. The Balaban J connectivity index is 2.26. The van der Waals surface area contributed by atoms with Crippen molar-refractivity contribution in [3.05, 3.63) is 67.7 Å². The summed E-state index contributed by atoms with van der Waals surface area (Å²) in [5.41, 5.74) is 6.20. The van der Waals surface area contributed by atoms with Crippen molar-refractivity contribution in [2.24, 2.45) is 5.73 Å². The van der Waals surface area contributed by atoms with E-state index >= 15 is 0 Å². The molecule has 0 aliphatic rings. The highest BCUT2D eigenvalue weighted by atomic mass is 79.9. The Morgan fingerprint density at radius 3 is 2.56 bits per heavy atom. The van der Waals surface area contributed by atoms with Gasteiger partial charge in [-0.1, -0.05) is 0 Å². The number of carbonyl (C=O) groups is 1. The topological polar surface area (TPSA) is 128 Å². The number of nitrogens with two attached hydrogens (primary N) is 1. The van der Waals surface area contributed by atoms with Crippen molar-refractivity contribution in [1.82, 2.24) is 0 Å². The lowest BCUT2D eigenvalue weighted by Gasteiger charge is -2.13. The third kappa shape index (κ3) is 5.05. The summed E-state index contributed by atoms with van der Waals surface area (Å²) in [5, 5.41) is 19.6. The largest absolute Gasteiger partial charge is 0.493 e. The second kappa shape index (κ2) is 8.82. The van der Waals surface area contributed by atoms with Gasteiger partial charge in [-0.2, -0.15) is 5.26 Å². The lowest BCUT2D eigenvalue weighted by atomic mass is 10.1. The first-order chi connectivity index (χ1) is 12.8. The number of methoxy groups -OCH3 is 1. The molecule has 0 saturated carbocycles. The van der Waals surface area contributed by atoms with Crippen LogP contribution >= 0.6 is 15.9 Å². The number of rotatable bonds is 7. The van der Waals surface area contributed by atoms with E-state index in [9.17, 15) is 14.9 Å². The molecule has 0 saturated heterocycles. The van der Waals surface area contributed by atoms with Gasteiger partial charge >= 0.3 is 0 Å². The maximum absolute atomic E-state index is 11.2. The van der Waals surface area contributed by atoms with Gasteiger partial charge < -0.3 is 15.2 Å². The number of amides is 1. The summed E-state index contributed by atoms with van der Waals surface area (Å²) < 4.78 is 11.6. The highest BCUT2D eigenvalue weighted by Crippen LogP contribution is 2.37. The number of non-ortho nitro benzene ring substituents is 1. The first-order valence-corrected chi connectivity index (χ1v) is 8.30. The standard InChI is InChI=1S/C18H14BrN3O5/c1-26-16-8-12(6-13(9-20)18(21)23)7-15(19)17(16)27-10-11-2-4-14(5-3-11)22(24)25/h2-8H,10H2,1H3,(H2,21,23)/b13-6+. The van der Waals surface area contributed by atoms with Gasteiger partial charge in [0, 0.05) is 12.1 Å². The number of nitriles is 1. The smallest absolute Gasteiger partial charge is 0.269 e. The number of hydrogen-bond donors (Lipinski definition) is 1. The van der Waals surface area contributed by atoms with Gasteiger partial charge in [0.15, 0.2) is 11.5 Å². The third-order valence-corrected chi connectivity index (χ3v) is 4.07. The van der Waals surface area contributed by atoms with E-state index in [1.54, 1.807) is 30.3 Å². The predicted molar refractivity (Wildman–Crippen MR) is 101 cm³/mol. The van der Waals surface area contributed by atoms with Gasteiger partial charge in [-0.25, -0.2) is 0 Å². The van der Waals surface area contributed by atoms with Gasteiger partial charge in [0.05, 0.1) is 16.5 Å². The molecule has 0 fully saturated rings. The first-order valence-electron chi connectivity index (χ1n) is 7.51. The molecule has 0 unspecified atom stereocenters. The minimum atomic E-state index is -0.828. The number of halogens is 1. The van der Waals surface area contributed by atoms with Crippen LogP contribution in [0.25, 0.3) is 6.08 Å². The van der Waals surface area contributed by atoms with Crippen LogP contribution in [-0.2, 0) is 11.4 Å². The van der Waals surface area contributed by atoms with Crippen molar-refractivity contribution in [1.29, 1.82) is 5.26 Å². The first kappa shape index (κ1) is 19.9. The normalized spacial score (nSPS) is 10.8.